The van der Waals surface area contributed by atoms with Crippen molar-refractivity contribution >= 4 is 27.7 Å². The van der Waals surface area contributed by atoms with Gasteiger partial charge in [-0.25, -0.2) is 8.78 Å². The number of halogens is 3. The standard InChI is InChI=1S/C15H14BrF2NS/c1-9(19)6-10-7-13(17)15(14(18)8-10)20-12-4-2-11(16)3-5-12/h2-5,7-9H,6,19H2,1H3. The highest BCUT2D eigenvalue weighted by atomic mass is 79.9. The second kappa shape index (κ2) is 6.70. The van der Waals surface area contributed by atoms with E-state index in [-0.39, 0.29) is 10.9 Å². The van der Waals surface area contributed by atoms with Gasteiger partial charge in [0.15, 0.2) is 0 Å². The van der Waals surface area contributed by atoms with Crippen LogP contribution in [0.3, 0.4) is 0 Å². The van der Waals surface area contributed by atoms with Crippen LogP contribution in [0.4, 0.5) is 8.78 Å². The smallest absolute Gasteiger partial charge is 0.140 e. The summed E-state index contributed by atoms with van der Waals surface area (Å²) in [6.45, 7) is 1.81. The minimum Gasteiger partial charge on any atom is -0.328 e. The van der Waals surface area contributed by atoms with Crippen LogP contribution in [0.15, 0.2) is 50.7 Å². The monoisotopic (exact) mass is 357 g/mol. The Hall–Kier alpha value is -0.910. The Labute approximate surface area is 129 Å². The van der Waals surface area contributed by atoms with Crippen LogP contribution < -0.4 is 5.73 Å². The molecule has 106 valence electrons. The van der Waals surface area contributed by atoms with Gasteiger partial charge in [-0.1, -0.05) is 27.7 Å². The largest absolute Gasteiger partial charge is 0.328 e. The zero-order chi connectivity index (χ0) is 14.7. The molecule has 1 unspecified atom stereocenters. The summed E-state index contributed by atoms with van der Waals surface area (Å²) in [6, 6.07) is 9.87. The highest BCUT2D eigenvalue weighted by Crippen LogP contribution is 2.33. The van der Waals surface area contributed by atoms with Gasteiger partial charge in [0.05, 0.1) is 4.90 Å². The first-order valence-electron chi connectivity index (χ1n) is 6.12. The molecule has 2 rings (SSSR count). The van der Waals surface area contributed by atoms with Gasteiger partial charge < -0.3 is 5.73 Å². The van der Waals surface area contributed by atoms with E-state index in [0.717, 1.165) is 21.1 Å². The molecular formula is C15H14BrF2NS. The molecule has 0 aliphatic heterocycles. The fraction of sp³-hybridized carbons (Fsp3) is 0.200. The summed E-state index contributed by atoms with van der Waals surface area (Å²) in [4.78, 5) is 0.798. The quantitative estimate of drug-likeness (QED) is 0.852. The Morgan fingerprint density at radius 3 is 2.20 bits per heavy atom. The molecule has 1 nitrogen and oxygen atoms in total. The van der Waals surface area contributed by atoms with Crippen molar-refractivity contribution in [3.63, 3.8) is 0 Å². The average molecular weight is 358 g/mol. The zero-order valence-electron chi connectivity index (χ0n) is 10.9. The molecule has 0 aliphatic carbocycles. The molecule has 0 saturated carbocycles. The highest BCUT2D eigenvalue weighted by molar-refractivity contribution is 9.10. The van der Waals surface area contributed by atoms with Crippen molar-refractivity contribution in [1.82, 2.24) is 0 Å². The second-order valence-corrected chi connectivity index (χ2v) is 6.63. The first-order valence-corrected chi connectivity index (χ1v) is 7.73. The molecule has 0 radical (unpaired) electrons. The lowest BCUT2D eigenvalue weighted by Gasteiger charge is -2.09. The van der Waals surface area contributed by atoms with Gasteiger partial charge in [-0.3, -0.25) is 0 Å². The van der Waals surface area contributed by atoms with Crippen LogP contribution in [-0.4, -0.2) is 6.04 Å². The third-order valence-corrected chi connectivity index (χ3v) is 4.28. The van der Waals surface area contributed by atoms with E-state index < -0.39 is 11.6 Å². The maximum Gasteiger partial charge on any atom is 0.140 e. The number of rotatable bonds is 4. The maximum atomic E-state index is 14.0. The van der Waals surface area contributed by atoms with Crippen LogP contribution in [0, 0.1) is 11.6 Å². The number of hydrogen-bond donors (Lipinski definition) is 1. The first-order chi connectivity index (χ1) is 9.45. The molecule has 1 atom stereocenters. The van der Waals surface area contributed by atoms with Crippen molar-refractivity contribution in [2.45, 2.75) is 29.2 Å². The topological polar surface area (TPSA) is 26.0 Å². The van der Waals surface area contributed by atoms with Crippen LogP contribution in [0.5, 0.6) is 0 Å². The van der Waals surface area contributed by atoms with Crippen molar-refractivity contribution < 1.29 is 8.78 Å². The van der Waals surface area contributed by atoms with Crippen molar-refractivity contribution in [2.24, 2.45) is 5.73 Å². The molecule has 0 heterocycles. The van der Waals surface area contributed by atoms with Crippen LogP contribution in [0.25, 0.3) is 0 Å². The molecule has 0 bridgehead atoms. The molecule has 5 heteroatoms. The van der Waals surface area contributed by atoms with Gasteiger partial charge in [-0.2, -0.15) is 0 Å². The lowest BCUT2D eigenvalue weighted by molar-refractivity contribution is 0.535. The van der Waals surface area contributed by atoms with Crippen molar-refractivity contribution in [2.75, 3.05) is 0 Å². The summed E-state index contributed by atoms with van der Waals surface area (Å²) in [6.07, 6.45) is 0.455. The van der Waals surface area contributed by atoms with E-state index in [9.17, 15) is 8.78 Å². The summed E-state index contributed by atoms with van der Waals surface area (Å²) >= 11 is 4.40. The van der Waals surface area contributed by atoms with E-state index in [1.807, 2.05) is 24.3 Å². The third kappa shape index (κ3) is 4.04. The second-order valence-electron chi connectivity index (χ2n) is 4.63. The Kier molecular flexibility index (Phi) is 5.18. The average Bonchev–Trinajstić information content (AvgIpc) is 2.35. The Balaban J connectivity index is 2.26. The van der Waals surface area contributed by atoms with Crippen molar-refractivity contribution in [3.05, 3.63) is 58.1 Å². The molecule has 0 aromatic heterocycles. The first kappa shape index (κ1) is 15.5. The number of nitrogens with two attached hydrogens (primary N) is 1. The van der Waals surface area contributed by atoms with Crippen LogP contribution >= 0.6 is 27.7 Å². The van der Waals surface area contributed by atoms with Gasteiger partial charge >= 0.3 is 0 Å². The van der Waals surface area contributed by atoms with E-state index in [0.29, 0.717) is 12.0 Å². The third-order valence-electron chi connectivity index (χ3n) is 2.65. The summed E-state index contributed by atoms with van der Waals surface area (Å²) in [5, 5.41) is 0. The molecular weight excluding hydrogens is 344 g/mol. The fourth-order valence-electron chi connectivity index (χ4n) is 1.82. The molecule has 2 aromatic carbocycles. The minimum atomic E-state index is -0.548. The van der Waals surface area contributed by atoms with Gasteiger partial charge in [0.25, 0.3) is 0 Å². The highest BCUT2D eigenvalue weighted by Gasteiger charge is 2.13. The van der Waals surface area contributed by atoms with Crippen LogP contribution in [0.2, 0.25) is 0 Å². The summed E-state index contributed by atoms with van der Waals surface area (Å²) < 4.78 is 29.0. The Morgan fingerprint density at radius 1 is 1.15 bits per heavy atom. The predicted molar refractivity (Wildman–Crippen MR) is 82.0 cm³/mol. The molecule has 0 amide bonds. The number of benzene rings is 2. The van der Waals surface area contributed by atoms with E-state index in [1.54, 1.807) is 6.92 Å². The van der Waals surface area contributed by atoms with E-state index in [4.69, 9.17) is 5.73 Å². The predicted octanol–water partition coefficient (Wildman–Crippen LogP) is 4.77. The Bertz CT molecular complexity index is 576. The van der Waals surface area contributed by atoms with E-state index in [2.05, 4.69) is 15.9 Å². The fourth-order valence-corrected chi connectivity index (χ4v) is 2.91. The lowest BCUT2D eigenvalue weighted by atomic mass is 10.1. The summed E-state index contributed by atoms with van der Waals surface area (Å²) in [5.41, 5.74) is 6.22. The van der Waals surface area contributed by atoms with Crippen molar-refractivity contribution in [1.29, 1.82) is 0 Å². The van der Waals surface area contributed by atoms with Crippen molar-refractivity contribution in [3.8, 4) is 0 Å². The molecule has 0 fully saturated rings. The van der Waals surface area contributed by atoms with Gasteiger partial charge in [-0.05, 0) is 55.3 Å². The van der Waals surface area contributed by atoms with E-state index in [1.165, 1.54) is 12.1 Å². The zero-order valence-corrected chi connectivity index (χ0v) is 13.3. The van der Waals surface area contributed by atoms with Gasteiger partial charge in [0, 0.05) is 15.4 Å². The van der Waals surface area contributed by atoms with E-state index >= 15 is 0 Å². The molecule has 20 heavy (non-hydrogen) atoms. The minimum absolute atomic E-state index is 0.0146. The van der Waals surface area contributed by atoms with Gasteiger partial charge in [-0.15, -0.1) is 0 Å². The lowest BCUT2D eigenvalue weighted by Crippen LogP contribution is -2.18. The van der Waals surface area contributed by atoms with Gasteiger partial charge in [0.2, 0.25) is 0 Å². The molecule has 0 spiro atoms. The van der Waals surface area contributed by atoms with Crippen LogP contribution in [0.1, 0.15) is 12.5 Å². The molecule has 2 aromatic rings. The SMILES string of the molecule is CC(N)Cc1cc(F)c(Sc2ccc(Br)cc2)c(F)c1. The molecule has 0 aliphatic rings. The summed E-state index contributed by atoms with van der Waals surface area (Å²) in [5.74, 6) is -1.10. The van der Waals surface area contributed by atoms with Crippen LogP contribution in [-0.2, 0) is 6.42 Å². The summed E-state index contributed by atoms with van der Waals surface area (Å²) in [7, 11) is 0. The normalized spacial score (nSPS) is 12.4. The van der Waals surface area contributed by atoms with Gasteiger partial charge in [0.1, 0.15) is 11.6 Å². The Morgan fingerprint density at radius 2 is 1.70 bits per heavy atom. The molecule has 0 saturated heterocycles. The molecule has 2 N–H and O–H groups in total. The number of hydrogen-bond acceptors (Lipinski definition) is 2. The maximum absolute atomic E-state index is 14.0.